The Morgan fingerprint density at radius 1 is 1.24 bits per heavy atom. The van der Waals surface area contributed by atoms with E-state index in [2.05, 4.69) is 10.3 Å². The SMILES string of the molecule is CCS(=O)(=O)[N+]#CCC12CCC(C)(O1)[C@H]1C(=O)N(c3ccc(C#N)c(C(F)(F)F)c3)C(=O)[C@H]12. The van der Waals surface area contributed by atoms with Crippen molar-refractivity contribution in [2.45, 2.75) is 50.5 Å². The molecule has 2 amide bonds. The Balaban J connectivity index is 1.74. The lowest BCUT2D eigenvalue weighted by Gasteiger charge is -2.28. The van der Waals surface area contributed by atoms with Crippen LogP contribution in [0.15, 0.2) is 18.2 Å². The van der Waals surface area contributed by atoms with Gasteiger partial charge in [-0.15, -0.1) is 8.42 Å². The average molecular weight is 482 g/mol. The molecular weight excluding hydrogens is 463 g/mol. The highest BCUT2D eigenvalue weighted by atomic mass is 32.2. The number of fused-ring (bicyclic) bond motifs is 5. The molecule has 1 aromatic rings. The van der Waals surface area contributed by atoms with Gasteiger partial charge in [0.05, 0.1) is 50.2 Å². The van der Waals surface area contributed by atoms with Gasteiger partial charge in [-0.2, -0.15) is 18.4 Å². The number of nitrogens with zero attached hydrogens (tertiary/aromatic N) is 3. The van der Waals surface area contributed by atoms with E-state index in [4.69, 9.17) is 10.00 Å². The van der Waals surface area contributed by atoms with Crippen LogP contribution in [0.1, 0.15) is 44.2 Å². The molecular formula is C21H19F3N3O5S+. The predicted octanol–water partition coefficient (Wildman–Crippen LogP) is 3.08. The Kier molecular flexibility index (Phi) is 5.11. The van der Waals surface area contributed by atoms with E-state index in [1.54, 1.807) is 6.92 Å². The third-order valence-corrected chi connectivity index (χ3v) is 7.78. The van der Waals surface area contributed by atoms with E-state index in [-0.39, 0.29) is 17.9 Å². The van der Waals surface area contributed by atoms with Gasteiger partial charge in [-0.3, -0.25) is 9.59 Å². The molecule has 8 nitrogen and oxygen atoms in total. The van der Waals surface area contributed by atoms with Crippen LogP contribution in [0.25, 0.3) is 4.25 Å². The highest BCUT2D eigenvalue weighted by Crippen LogP contribution is 2.62. The Morgan fingerprint density at radius 3 is 2.52 bits per heavy atom. The number of carbonyl (C=O) groups excluding carboxylic acids is 2. The first kappa shape index (κ1) is 23.2. The van der Waals surface area contributed by atoms with E-state index in [0.717, 1.165) is 12.1 Å². The third kappa shape index (κ3) is 3.49. The van der Waals surface area contributed by atoms with Crippen molar-refractivity contribution in [1.29, 1.82) is 5.26 Å². The van der Waals surface area contributed by atoms with Crippen molar-refractivity contribution in [1.82, 2.24) is 0 Å². The van der Waals surface area contributed by atoms with Crippen LogP contribution in [-0.4, -0.2) is 37.2 Å². The molecule has 33 heavy (non-hydrogen) atoms. The average Bonchev–Trinajstić information content (AvgIpc) is 3.31. The van der Waals surface area contributed by atoms with E-state index in [9.17, 15) is 31.2 Å². The fourth-order valence-electron chi connectivity index (χ4n) is 5.10. The summed E-state index contributed by atoms with van der Waals surface area (Å²) < 4.78 is 73.1. The number of ether oxygens (including phenoxy) is 1. The maximum atomic E-state index is 13.4. The van der Waals surface area contributed by atoms with E-state index in [1.807, 2.05) is 0 Å². The van der Waals surface area contributed by atoms with Crippen molar-refractivity contribution < 1.29 is 35.9 Å². The molecule has 4 atom stereocenters. The Morgan fingerprint density at radius 2 is 1.91 bits per heavy atom. The van der Waals surface area contributed by atoms with Crippen molar-refractivity contribution in [3.05, 3.63) is 33.6 Å². The minimum absolute atomic E-state index is 0.156. The number of amides is 2. The molecule has 3 heterocycles. The van der Waals surface area contributed by atoms with Gasteiger partial charge in [-0.05, 0) is 44.9 Å². The van der Waals surface area contributed by atoms with E-state index >= 15 is 0 Å². The highest BCUT2D eigenvalue weighted by molar-refractivity contribution is 7.93. The van der Waals surface area contributed by atoms with Crippen LogP contribution in [-0.2, 0) is 30.5 Å². The molecule has 2 bridgehead atoms. The summed E-state index contributed by atoms with van der Waals surface area (Å²) in [6, 6.07) is 6.58. The van der Waals surface area contributed by atoms with Gasteiger partial charge < -0.3 is 4.74 Å². The molecule has 3 aliphatic rings. The Hall–Kier alpha value is -2.96. The maximum absolute atomic E-state index is 13.4. The molecule has 3 saturated heterocycles. The van der Waals surface area contributed by atoms with Crippen molar-refractivity contribution in [3.63, 3.8) is 0 Å². The van der Waals surface area contributed by atoms with Crippen LogP contribution in [0.2, 0.25) is 0 Å². The number of imide groups is 1. The van der Waals surface area contributed by atoms with Gasteiger partial charge in [0, 0.05) is 0 Å². The standard InChI is InChI=1S/C21H19F3N3O5S/c1-3-33(30,31)26-9-8-20-7-6-19(2,32-20)15-16(20)18(29)27(17(15)28)13-5-4-12(11-25)14(10-13)21(22,23)24/h4-5,10,15-16H,3,6-8H2,1-2H3/q+1/t15-,16+,19?,20?/m1/s1. The zero-order valence-electron chi connectivity index (χ0n) is 17.6. The van der Waals surface area contributed by atoms with E-state index in [0.29, 0.717) is 23.8 Å². The van der Waals surface area contributed by atoms with Crippen molar-refractivity contribution >= 4 is 27.5 Å². The minimum atomic E-state index is -4.85. The highest BCUT2D eigenvalue weighted by Gasteiger charge is 2.74. The molecule has 0 spiro atoms. The topological polar surface area (TPSA) is 109 Å². The first-order valence-electron chi connectivity index (χ1n) is 10.2. The summed E-state index contributed by atoms with van der Waals surface area (Å²) in [6.45, 7) is 3.07. The fraction of sp³-hybridized carbons (Fsp3) is 0.524. The number of alkyl halides is 3. The number of rotatable bonds is 3. The van der Waals surface area contributed by atoms with Crippen LogP contribution in [0.3, 0.4) is 0 Å². The zero-order valence-corrected chi connectivity index (χ0v) is 18.5. The van der Waals surface area contributed by atoms with Gasteiger partial charge in [-0.25, -0.2) is 4.90 Å². The molecule has 0 N–H and O–H groups in total. The normalized spacial score (nSPS) is 30.7. The molecule has 0 saturated carbocycles. The van der Waals surface area contributed by atoms with Gasteiger partial charge >= 0.3 is 22.3 Å². The van der Waals surface area contributed by atoms with Crippen LogP contribution in [0, 0.1) is 29.2 Å². The molecule has 4 rings (SSSR count). The van der Waals surface area contributed by atoms with Crippen molar-refractivity contribution in [2.75, 3.05) is 10.7 Å². The lowest BCUT2D eigenvalue weighted by Crippen LogP contribution is -2.41. The number of nitriles is 1. The first-order valence-corrected chi connectivity index (χ1v) is 11.8. The lowest BCUT2D eigenvalue weighted by molar-refractivity contribution is -0.138. The van der Waals surface area contributed by atoms with Crippen LogP contribution in [0.4, 0.5) is 18.9 Å². The summed E-state index contributed by atoms with van der Waals surface area (Å²) in [5, 5.41) is 9.00. The summed E-state index contributed by atoms with van der Waals surface area (Å²) >= 11 is 0. The number of halogens is 3. The second-order valence-corrected chi connectivity index (χ2v) is 10.5. The molecule has 0 aromatic heterocycles. The first-order chi connectivity index (χ1) is 15.3. The van der Waals surface area contributed by atoms with Gasteiger partial charge in [-0.1, -0.05) is 0 Å². The molecule has 0 radical (unpaired) electrons. The van der Waals surface area contributed by atoms with Gasteiger partial charge in [0.2, 0.25) is 11.8 Å². The smallest absolute Gasteiger partial charge is 0.366 e. The van der Waals surface area contributed by atoms with Crippen LogP contribution < -0.4 is 4.90 Å². The summed E-state index contributed by atoms with van der Waals surface area (Å²) in [6.07, 6.45) is -4.26. The quantitative estimate of drug-likeness (QED) is 0.613. The molecule has 2 unspecified atom stereocenters. The largest absolute Gasteiger partial charge is 0.478 e. The predicted molar refractivity (Wildman–Crippen MR) is 108 cm³/mol. The Bertz CT molecular complexity index is 1280. The minimum Gasteiger partial charge on any atom is -0.366 e. The lowest BCUT2D eigenvalue weighted by atomic mass is 9.67. The molecule has 12 heteroatoms. The van der Waals surface area contributed by atoms with Crippen molar-refractivity contribution in [3.8, 4) is 12.1 Å². The summed E-state index contributed by atoms with van der Waals surface area (Å²) in [5.41, 5.74) is -4.41. The van der Waals surface area contributed by atoms with Gasteiger partial charge in [0.1, 0.15) is 12.2 Å². The fourth-order valence-corrected chi connectivity index (χ4v) is 5.49. The molecule has 0 aliphatic carbocycles. The van der Waals surface area contributed by atoms with Gasteiger partial charge in [0.25, 0.3) is 0 Å². The van der Waals surface area contributed by atoms with Crippen molar-refractivity contribution in [2.24, 2.45) is 11.8 Å². The Labute approximate surface area is 187 Å². The molecule has 1 aromatic carbocycles. The monoisotopic (exact) mass is 482 g/mol. The van der Waals surface area contributed by atoms with Gasteiger partial charge in [0.15, 0.2) is 0 Å². The second kappa shape index (κ2) is 7.27. The molecule has 174 valence electrons. The number of sulfonamides is 1. The zero-order chi connectivity index (χ0) is 24.4. The van der Waals surface area contributed by atoms with E-state index < -0.39 is 62.2 Å². The number of anilines is 1. The summed E-state index contributed by atoms with van der Waals surface area (Å²) in [5.74, 6) is -3.60. The maximum Gasteiger partial charge on any atom is 0.478 e. The third-order valence-electron chi connectivity index (χ3n) is 6.65. The number of carbonyl (C=O) groups is 2. The van der Waals surface area contributed by atoms with Crippen LogP contribution in [0.5, 0.6) is 0 Å². The van der Waals surface area contributed by atoms with Crippen LogP contribution >= 0.6 is 0 Å². The summed E-state index contributed by atoms with van der Waals surface area (Å²) in [7, 11) is -3.71. The summed E-state index contributed by atoms with van der Waals surface area (Å²) in [4.78, 5) is 27.4. The number of hydrogen-bond acceptors (Lipinski definition) is 6. The second-order valence-electron chi connectivity index (χ2n) is 8.58. The number of hydrogen-bond donors (Lipinski definition) is 0. The van der Waals surface area contributed by atoms with E-state index in [1.165, 1.54) is 13.0 Å². The number of benzene rings is 1. The molecule has 3 aliphatic heterocycles. The molecule has 3 fully saturated rings.